The van der Waals surface area contributed by atoms with E-state index in [0.717, 1.165) is 38.9 Å². The lowest BCUT2D eigenvalue weighted by atomic mass is 9.78. The Bertz CT molecular complexity index is 649. The van der Waals surface area contributed by atoms with Gasteiger partial charge in [0.2, 0.25) is 5.91 Å². The van der Waals surface area contributed by atoms with E-state index in [4.69, 9.17) is 4.74 Å². The minimum atomic E-state index is -0.275. The van der Waals surface area contributed by atoms with Gasteiger partial charge in [0.1, 0.15) is 11.6 Å². The van der Waals surface area contributed by atoms with Crippen molar-refractivity contribution in [1.82, 2.24) is 9.80 Å². The Balaban J connectivity index is 1.69. The average molecular weight is 362 g/mol. The number of halogens is 1. The summed E-state index contributed by atoms with van der Waals surface area (Å²) in [5.74, 6) is 1.24. The van der Waals surface area contributed by atoms with Crippen LogP contribution in [-0.4, -0.2) is 49.0 Å². The molecule has 2 fully saturated rings. The molecule has 0 radical (unpaired) electrons. The molecule has 1 aromatic carbocycles. The highest BCUT2D eigenvalue weighted by atomic mass is 19.1. The molecule has 1 spiro atoms. The number of benzene rings is 1. The van der Waals surface area contributed by atoms with E-state index in [-0.39, 0.29) is 17.1 Å². The standard InChI is InChI=1S/C21H31FN2O2/c1-16(2)7-11-23-12-9-21(15-23)8-4-10-24(20(21)25)14-17-13-18(26-3)5-6-19(17)22/h5-6,13,16H,4,7-12,14-15H2,1-3H3. The zero-order valence-corrected chi connectivity index (χ0v) is 16.3. The smallest absolute Gasteiger partial charge is 0.230 e. The lowest BCUT2D eigenvalue weighted by Gasteiger charge is -2.39. The molecule has 4 nitrogen and oxygen atoms in total. The van der Waals surface area contributed by atoms with E-state index in [1.807, 2.05) is 4.90 Å². The van der Waals surface area contributed by atoms with Gasteiger partial charge in [-0.2, -0.15) is 0 Å². The molecule has 0 bridgehead atoms. The predicted octanol–water partition coefficient (Wildman–Crippen LogP) is 3.69. The number of nitrogens with zero attached hydrogens (tertiary/aromatic N) is 2. The third-order valence-corrected chi connectivity index (χ3v) is 5.89. The summed E-state index contributed by atoms with van der Waals surface area (Å²) in [7, 11) is 1.57. The van der Waals surface area contributed by atoms with Crippen LogP contribution in [0.25, 0.3) is 0 Å². The van der Waals surface area contributed by atoms with Gasteiger partial charge in [0.15, 0.2) is 0 Å². The summed E-state index contributed by atoms with van der Waals surface area (Å²) in [6.45, 7) is 8.44. The number of hydrogen-bond acceptors (Lipinski definition) is 3. The summed E-state index contributed by atoms with van der Waals surface area (Å²) >= 11 is 0. The maximum Gasteiger partial charge on any atom is 0.230 e. The van der Waals surface area contributed by atoms with Gasteiger partial charge in [-0.3, -0.25) is 4.79 Å². The number of piperidine rings is 1. The number of amides is 1. The van der Waals surface area contributed by atoms with Crippen molar-refractivity contribution in [2.24, 2.45) is 11.3 Å². The summed E-state index contributed by atoms with van der Waals surface area (Å²) in [6.07, 6.45) is 4.06. The van der Waals surface area contributed by atoms with E-state index in [1.54, 1.807) is 19.2 Å². The molecule has 2 aliphatic rings. The Morgan fingerprint density at radius 1 is 1.27 bits per heavy atom. The molecule has 3 rings (SSSR count). The maximum absolute atomic E-state index is 14.2. The van der Waals surface area contributed by atoms with Crippen LogP contribution in [0, 0.1) is 17.2 Å². The lowest BCUT2D eigenvalue weighted by Crippen LogP contribution is -2.49. The van der Waals surface area contributed by atoms with Crippen LogP contribution >= 0.6 is 0 Å². The fourth-order valence-electron chi connectivity index (χ4n) is 4.28. The van der Waals surface area contributed by atoms with Gasteiger partial charge in [-0.05, 0) is 62.9 Å². The molecular formula is C21H31FN2O2. The van der Waals surface area contributed by atoms with Crippen molar-refractivity contribution in [3.63, 3.8) is 0 Å². The Morgan fingerprint density at radius 3 is 2.81 bits per heavy atom. The Hall–Kier alpha value is -1.62. The van der Waals surface area contributed by atoms with Crippen molar-refractivity contribution in [1.29, 1.82) is 0 Å². The monoisotopic (exact) mass is 362 g/mol. The third-order valence-electron chi connectivity index (χ3n) is 5.89. The van der Waals surface area contributed by atoms with Crippen molar-refractivity contribution in [3.8, 4) is 5.75 Å². The van der Waals surface area contributed by atoms with Crippen molar-refractivity contribution < 1.29 is 13.9 Å². The summed E-state index contributed by atoms with van der Waals surface area (Å²) in [5.41, 5.74) is 0.273. The fraction of sp³-hybridized carbons (Fsp3) is 0.667. The molecule has 26 heavy (non-hydrogen) atoms. The van der Waals surface area contributed by atoms with Gasteiger partial charge in [-0.15, -0.1) is 0 Å². The first-order chi connectivity index (χ1) is 12.4. The summed E-state index contributed by atoms with van der Waals surface area (Å²) in [6, 6.07) is 4.73. The first kappa shape index (κ1) is 19.2. The summed E-state index contributed by atoms with van der Waals surface area (Å²) in [5, 5.41) is 0. The van der Waals surface area contributed by atoms with Crippen LogP contribution in [0.2, 0.25) is 0 Å². The van der Waals surface area contributed by atoms with Crippen LogP contribution in [0.1, 0.15) is 45.1 Å². The number of ether oxygens (including phenoxy) is 1. The van der Waals surface area contributed by atoms with E-state index in [0.29, 0.717) is 30.3 Å². The second-order valence-electron chi connectivity index (χ2n) is 8.28. The molecule has 2 saturated heterocycles. The van der Waals surface area contributed by atoms with Crippen molar-refractivity contribution in [3.05, 3.63) is 29.6 Å². The van der Waals surface area contributed by atoms with Gasteiger partial charge in [0, 0.05) is 25.2 Å². The zero-order valence-electron chi connectivity index (χ0n) is 16.3. The first-order valence-corrected chi connectivity index (χ1v) is 9.78. The molecular weight excluding hydrogens is 331 g/mol. The lowest BCUT2D eigenvalue weighted by molar-refractivity contribution is -0.146. The summed E-state index contributed by atoms with van der Waals surface area (Å²) < 4.78 is 19.4. The number of rotatable bonds is 6. The molecule has 5 heteroatoms. The molecule has 1 aromatic rings. The molecule has 0 aromatic heterocycles. The maximum atomic E-state index is 14.2. The second kappa shape index (κ2) is 7.95. The largest absolute Gasteiger partial charge is 0.497 e. The minimum absolute atomic E-state index is 0.206. The molecule has 1 amide bonds. The number of likely N-dealkylation sites (tertiary alicyclic amines) is 2. The van der Waals surface area contributed by atoms with Crippen molar-refractivity contribution >= 4 is 5.91 Å². The highest BCUT2D eigenvalue weighted by Crippen LogP contribution is 2.40. The average Bonchev–Trinajstić information content (AvgIpc) is 3.03. The fourth-order valence-corrected chi connectivity index (χ4v) is 4.28. The minimum Gasteiger partial charge on any atom is -0.497 e. The first-order valence-electron chi connectivity index (χ1n) is 9.78. The van der Waals surface area contributed by atoms with Crippen LogP contribution in [0.5, 0.6) is 5.75 Å². The van der Waals surface area contributed by atoms with Gasteiger partial charge < -0.3 is 14.5 Å². The molecule has 1 atom stereocenters. The van der Waals surface area contributed by atoms with Gasteiger partial charge in [0.25, 0.3) is 0 Å². The van der Waals surface area contributed by atoms with E-state index in [2.05, 4.69) is 18.7 Å². The number of carbonyl (C=O) groups is 1. The molecule has 2 aliphatic heterocycles. The second-order valence-corrected chi connectivity index (χ2v) is 8.28. The quantitative estimate of drug-likeness (QED) is 0.774. The number of hydrogen-bond donors (Lipinski definition) is 0. The number of carbonyl (C=O) groups excluding carboxylic acids is 1. The molecule has 0 saturated carbocycles. The molecule has 144 valence electrons. The van der Waals surface area contributed by atoms with Crippen LogP contribution in [-0.2, 0) is 11.3 Å². The van der Waals surface area contributed by atoms with E-state index in [1.165, 1.54) is 12.5 Å². The number of methoxy groups -OCH3 is 1. The van der Waals surface area contributed by atoms with E-state index < -0.39 is 0 Å². The van der Waals surface area contributed by atoms with Crippen LogP contribution in [0.3, 0.4) is 0 Å². The zero-order chi connectivity index (χ0) is 18.7. The Labute approximate surface area is 156 Å². The van der Waals surface area contributed by atoms with Gasteiger partial charge in [-0.25, -0.2) is 4.39 Å². The molecule has 0 N–H and O–H groups in total. The third kappa shape index (κ3) is 4.03. The molecule has 2 heterocycles. The van der Waals surface area contributed by atoms with Crippen molar-refractivity contribution in [2.75, 3.05) is 33.3 Å². The van der Waals surface area contributed by atoms with E-state index >= 15 is 0 Å². The highest BCUT2D eigenvalue weighted by molar-refractivity contribution is 5.84. The SMILES string of the molecule is COc1ccc(F)c(CN2CCCC3(CCN(CCC(C)C)C3)C2=O)c1. The van der Waals surface area contributed by atoms with E-state index in [9.17, 15) is 9.18 Å². The topological polar surface area (TPSA) is 32.8 Å². The normalized spacial score (nSPS) is 24.0. The molecule has 0 aliphatic carbocycles. The van der Waals surface area contributed by atoms with Crippen molar-refractivity contribution in [2.45, 2.75) is 46.1 Å². The highest BCUT2D eigenvalue weighted by Gasteiger charge is 2.48. The Kier molecular flexibility index (Phi) is 5.86. The predicted molar refractivity (Wildman–Crippen MR) is 101 cm³/mol. The molecule has 1 unspecified atom stereocenters. The van der Waals surface area contributed by atoms with Crippen LogP contribution in [0.15, 0.2) is 18.2 Å². The van der Waals surface area contributed by atoms with Gasteiger partial charge in [0.05, 0.1) is 12.5 Å². The van der Waals surface area contributed by atoms with Crippen LogP contribution < -0.4 is 4.74 Å². The summed E-state index contributed by atoms with van der Waals surface area (Å²) in [4.78, 5) is 17.5. The van der Waals surface area contributed by atoms with Crippen LogP contribution in [0.4, 0.5) is 4.39 Å². The van der Waals surface area contributed by atoms with Gasteiger partial charge >= 0.3 is 0 Å². The van der Waals surface area contributed by atoms with Gasteiger partial charge in [-0.1, -0.05) is 13.8 Å². The Morgan fingerprint density at radius 2 is 2.08 bits per heavy atom.